The van der Waals surface area contributed by atoms with Gasteiger partial charge < -0.3 is 16.2 Å². The van der Waals surface area contributed by atoms with Gasteiger partial charge in [0, 0.05) is 13.0 Å². The summed E-state index contributed by atoms with van der Waals surface area (Å²) in [6, 6.07) is 9.30. The number of nitrogens with two attached hydrogens (primary N) is 2. The molecule has 0 saturated heterocycles. The van der Waals surface area contributed by atoms with Gasteiger partial charge in [-0.05, 0) is 37.2 Å². The van der Waals surface area contributed by atoms with E-state index in [2.05, 4.69) is 6.92 Å². The van der Waals surface area contributed by atoms with Gasteiger partial charge in [-0.25, -0.2) is 0 Å². The lowest BCUT2D eigenvalue weighted by atomic mass is 9.87. The van der Waals surface area contributed by atoms with Gasteiger partial charge in [-0.3, -0.25) is 4.79 Å². The van der Waals surface area contributed by atoms with Gasteiger partial charge in [0.25, 0.3) is 0 Å². The molecule has 1 aromatic rings. The molecule has 2 rings (SSSR count). The highest BCUT2D eigenvalue weighted by atomic mass is 16.5. The van der Waals surface area contributed by atoms with Crippen LogP contribution < -0.4 is 11.5 Å². The topological polar surface area (TPSA) is 78.3 Å². The smallest absolute Gasteiger partial charge is 0.242 e. The van der Waals surface area contributed by atoms with E-state index in [0.29, 0.717) is 19.1 Å². The quantitative estimate of drug-likeness (QED) is 0.844. The molecule has 0 spiro atoms. The van der Waals surface area contributed by atoms with Crippen molar-refractivity contribution in [2.45, 2.75) is 50.7 Å². The second kappa shape index (κ2) is 7.05. The molecule has 1 atom stereocenters. The van der Waals surface area contributed by atoms with Gasteiger partial charge in [-0.2, -0.15) is 0 Å². The van der Waals surface area contributed by atoms with Crippen LogP contribution in [0, 0.1) is 5.92 Å². The standard InChI is InChI=1S/C17H26N2O2/c1-13-7-9-15(10-8-13)21-12-11-17(19,16(18)20)14-5-3-2-4-6-14/h2-6,13,15H,7-12,19H2,1H3,(H2,18,20). The summed E-state index contributed by atoms with van der Waals surface area (Å²) in [6.45, 7) is 2.75. The van der Waals surface area contributed by atoms with Crippen LogP contribution in [0.25, 0.3) is 0 Å². The zero-order valence-electron chi connectivity index (χ0n) is 12.8. The number of carbonyl (C=O) groups excluding carboxylic acids is 1. The van der Waals surface area contributed by atoms with Crippen molar-refractivity contribution >= 4 is 5.91 Å². The number of primary amides is 1. The lowest BCUT2D eigenvalue weighted by Crippen LogP contribution is -2.50. The van der Waals surface area contributed by atoms with E-state index in [9.17, 15) is 4.79 Å². The fraction of sp³-hybridized carbons (Fsp3) is 0.588. The van der Waals surface area contributed by atoms with Crippen LogP contribution in [0.3, 0.4) is 0 Å². The summed E-state index contributed by atoms with van der Waals surface area (Å²) in [5.41, 5.74) is 11.4. The van der Waals surface area contributed by atoms with Gasteiger partial charge in [0.05, 0.1) is 6.10 Å². The molecule has 0 radical (unpaired) electrons. The molecule has 1 aliphatic carbocycles. The van der Waals surface area contributed by atoms with Crippen LogP contribution in [0.1, 0.15) is 44.6 Å². The first-order valence-electron chi connectivity index (χ1n) is 7.78. The van der Waals surface area contributed by atoms with E-state index >= 15 is 0 Å². The zero-order chi connectivity index (χ0) is 15.3. The third-order valence-electron chi connectivity index (χ3n) is 4.54. The average Bonchev–Trinajstić information content (AvgIpc) is 2.50. The molecule has 1 saturated carbocycles. The van der Waals surface area contributed by atoms with Gasteiger partial charge in [-0.1, -0.05) is 37.3 Å². The monoisotopic (exact) mass is 290 g/mol. The van der Waals surface area contributed by atoms with E-state index in [0.717, 1.165) is 24.3 Å². The summed E-state index contributed by atoms with van der Waals surface area (Å²) in [5.74, 6) is 0.294. The van der Waals surface area contributed by atoms with Crippen molar-refractivity contribution in [3.05, 3.63) is 35.9 Å². The van der Waals surface area contributed by atoms with E-state index in [4.69, 9.17) is 16.2 Å². The SMILES string of the molecule is CC1CCC(OCCC(N)(C(N)=O)c2ccccc2)CC1. The van der Waals surface area contributed by atoms with Crippen molar-refractivity contribution in [1.29, 1.82) is 0 Å². The molecule has 116 valence electrons. The van der Waals surface area contributed by atoms with Crippen LogP contribution in [0.2, 0.25) is 0 Å². The van der Waals surface area contributed by atoms with Crippen molar-refractivity contribution < 1.29 is 9.53 Å². The van der Waals surface area contributed by atoms with Gasteiger partial charge in [0.15, 0.2) is 0 Å². The van der Waals surface area contributed by atoms with Crippen LogP contribution >= 0.6 is 0 Å². The molecular formula is C17H26N2O2. The molecule has 0 heterocycles. The number of carbonyl (C=O) groups is 1. The first-order chi connectivity index (χ1) is 10.0. The summed E-state index contributed by atoms with van der Waals surface area (Å²) >= 11 is 0. The molecule has 1 aromatic carbocycles. The minimum absolute atomic E-state index is 0.300. The van der Waals surface area contributed by atoms with Gasteiger partial charge >= 0.3 is 0 Å². The Morgan fingerprint density at radius 1 is 1.24 bits per heavy atom. The Morgan fingerprint density at radius 2 is 1.86 bits per heavy atom. The van der Waals surface area contributed by atoms with Crippen molar-refractivity contribution in [2.24, 2.45) is 17.4 Å². The largest absolute Gasteiger partial charge is 0.378 e. The van der Waals surface area contributed by atoms with E-state index in [-0.39, 0.29) is 0 Å². The van der Waals surface area contributed by atoms with E-state index in [1.807, 2.05) is 30.3 Å². The second-order valence-electron chi connectivity index (χ2n) is 6.20. The first kappa shape index (κ1) is 16.0. The second-order valence-corrected chi connectivity index (χ2v) is 6.20. The maximum absolute atomic E-state index is 11.8. The Balaban J connectivity index is 1.91. The molecule has 0 aliphatic heterocycles. The maximum atomic E-state index is 11.8. The van der Waals surface area contributed by atoms with Gasteiger partial charge in [0.1, 0.15) is 5.54 Å². The molecule has 4 heteroatoms. The maximum Gasteiger partial charge on any atom is 0.242 e. The predicted molar refractivity (Wildman–Crippen MR) is 83.5 cm³/mol. The molecule has 1 amide bonds. The predicted octanol–water partition coefficient (Wildman–Crippen LogP) is 2.31. The Labute approximate surface area is 126 Å². The first-order valence-corrected chi connectivity index (χ1v) is 7.78. The highest BCUT2D eigenvalue weighted by molar-refractivity contribution is 5.85. The summed E-state index contributed by atoms with van der Waals surface area (Å²) in [7, 11) is 0. The number of amides is 1. The van der Waals surface area contributed by atoms with Crippen LogP contribution in [-0.4, -0.2) is 18.6 Å². The number of benzene rings is 1. The fourth-order valence-electron chi connectivity index (χ4n) is 2.93. The van der Waals surface area contributed by atoms with Crippen LogP contribution in [0.15, 0.2) is 30.3 Å². The third kappa shape index (κ3) is 4.05. The molecule has 4 N–H and O–H groups in total. The van der Waals surface area contributed by atoms with Gasteiger partial charge in [-0.15, -0.1) is 0 Å². The molecular weight excluding hydrogens is 264 g/mol. The van der Waals surface area contributed by atoms with Crippen LogP contribution in [0.4, 0.5) is 0 Å². The number of hydrogen-bond acceptors (Lipinski definition) is 3. The summed E-state index contributed by atoms with van der Waals surface area (Å²) < 4.78 is 5.91. The van der Waals surface area contributed by atoms with E-state index < -0.39 is 11.4 Å². The summed E-state index contributed by atoms with van der Waals surface area (Å²) in [6.07, 6.45) is 5.34. The minimum Gasteiger partial charge on any atom is -0.378 e. The third-order valence-corrected chi connectivity index (χ3v) is 4.54. The Bertz CT molecular complexity index is 455. The van der Waals surface area contributed by atoms with E-state index in [1.165, 1.54) is 12.8 Å². The van der Waals surface area contributed by atoms with Gasteiger partial charge in [0.2, 0.25) is 5.91 Å². The Kier molecular flexibility index (Phi) is 5.37. The lowest BCUT2D eigenvalue weighted by molar-refractivity contribution is -0.124. The van der Waals surface area contributed by atoms with Crippen molar-refractivity contribution in [3.63, 3.8) is 0 Å². The zero-order valence-corrected chi connectivity index (χ0v) is 12.8. The lowest BCUT2D eigenvalue weighted by Gasteiger charge is -2.29. The summed E-state index contributed by atoms with van der Waals surface area (Å²) in [4.78, 5) is 11.8. The van der Waals surface area contributed by atoms with E-state index in [1.54, 1.807) is 0 Å². The fourth-order valence-corrected chi connectivity index (χ4v) is 2.93. The normalized spacial score (nSPS) is 25.2. The molecule has 21 heavy (non-hydrogen) atoms. The highest BCUT2D eigenvalue weighted by Crippen LogP contribution is 2.27. The van der Waals surface area contributed by atoms with Crippen LogP contribution in [0.5, 0.6) is 0 Å². The Morgan fingerprint density at radius 3 is 2.43 bits per heavy atom. The summed E-state index contributed by atoms with van der Waals surface area (Å²) in [5, 5.41) is 0. The van der Waals surface area contributed by atoms with Crippen LogP contribution in [-0.2, 0) is 15.1 Å². The Hall–Kier alpha value is -1.39. The highest BCUT2D eigenvalue weighted by Gasteiger charge is 2.34. The molecule has 1 unspecified atom stereocenters. The molecule has 0 aromatic heterocycles. The number of rotatable bonds is 6. The molecule has 0 bridgehead atoms. The number of ether oxygens (including phenoxy) is 1. The molecule has 1 fully saturated rings. The average molecular weight is 290 g/mol. The minimum atomic E-state index is -1.15. The van der Waals surface area contributed by atoms with Crippen molar-refractivity contribution in [1.82, 2.24) is 0 Å². The molecule has 4 nitrogen and oxygen atoms in total. The molecule has 1 aliphatic rings. The van der Waals surface area contributed by atoms with Crippen molar-refractivity contribution in [2.75, 3.05) is 6.61 Å². The number of hydrogen-bond donors (Lipinski definition) is 2. The van der Waals surface area contributed by atoms with Crippen molar-refractivity contribution in [3.8, 4) is 0 Å².